The molecular weight excluding hydrogens is 382 g/mol. The van der Waals surface area contributed by atoms with Crippen LogP contribution in [0.1, 0.15) is 11.1 Å². The van der Waals surface area contributed by atoms with E-state index in [1.54, 1.807) is 24.2 Å². The number of ether oxygens (including phenoxy) is 3. The minimum atomic E-state index is -0.0827. The summed E-state index contributed by atoms with van der Waals surface area (Å²) in [6.07, 6.45) is 2.55. The number of hydrogen-bond acceptors (Lipinski definition) is 6. The number of rotatable bonds is 5. The molecular formula is C20H17NO4S2. The first-order chi connectivity index (χ1) is 13.2. The molecule has 1 amide bonds. The molecule has 0 bridgehead atoms. The molecule has 0 saturated carbocycles. The molecule has 4 rings (SSSR count). The maximum atomic E-state index is 12.8. The fourth-order valence-electron chi connectivity index (χ4n) is 2.95. The molecule has 0 radical (unpaired) electrons. The number of thiocarbonyl (C=S) groups is 1. The van der Waals surface area contributed by atoms with Crippen molar-refractivity contribution >= 4 is 40.3 Å². The number of amides is 1. The predicted molar refractivity (Wildman–Crippen MR) is 109 cm³/mol. The SMILES string of the molecule is COc1cc2c(cc1C=C1SC(=S)N(CCc3ccccc3)C1=O)OCO2. The van der Waals surface area contributed by atoms with Crippen LogP contribution >= 0.6 is 24.0 Å². The number of carbonyl (C=O) groups is 1. The summed E-state index contributed by atoms with van der Waals surface area (Å²) < 4.78 is 16.8. The average Bonchev–Trinajstić information content (AvgIpc) is 3.24. The van der Waals surface area contributed by atoms with E-state index in [0.29, 0.717) is 33.0 Å². The summed E-state index contributed by atoms with van der Waals surface area (Å²) in [5.74, 6) is 1.82. The number of nitrogens with zero attached hydrogens (tertiary/aromatic N) is 1. The molecule has 27 heavy (non-hydrogen) atoms. The Morgan fingerprint density at radius 3 is 2.70 bits per heavy atom. The Hall–Kier alpha value is -2.51. The molecule has 0 aromatic heterocycles. The van der Waals surface area contributed by atoms with Crippen LogP contribution in [0.2, 0.25) is 0 Å². The Kier molecular flexibility index (Phi) is 5.05. The lowest BCUT2D eigenvalue weighted by atomic mass is 10.1. The smallest absolute Gasteiger partial charge is 0.266 e. The third-order valence-corrected chi connectivity index (χ3v) is 5.73. The maximum absolute atomic E-state index is 12.8. The van der Waals surface area contributed by atoms with Crippen LogP contribution in [-0.2, 0) is 11.2 Å². The normalized spacial score (nSPS) is 17.1. The van der Waals surface area contributed by atoms with Gasteiger partial charge in [-0.15, -0.1) is 0 Å². The van der Waals surface area contributed by atoms with Crippen molar-refractivity contribution in [1.82, 2.24) is 4.90 Å². The van der Waals surface area contributed by atoms with Crippen LogP contribution < -0.4 is 14.2 Å². The van der Waals surface area contributed by atoms with Gasteiger partial charge in [-0.1, -0.05) is 54.3 Å². The second-order valence-corrected chi connectivity index (χ2v) is 7.69. The summed E-state index contributed by atoms with van der Waals surface area (Å²) in [5, 5.41) is 0. The summed E-state index contributed by atoms with van der Waals surface area (Å²) in [6.45, 7) is 0.744. The fraction of sp³-hybridized carbons (Fsp3) is 0.200. The molecule has 1 fully saturated rings. The molecule has 1 saturated heterocycles. The van der Waals surface area contributed by atoms with Crippen LogP contribution in [0.3, 0.4) is 0 Å². The molecule has 2 aromatic rings. The highest BCUT2D eigenvalue weighted by Gasteiger charge is 2.32. The van der Waals surface area contributed by atoms with Crippen LogP contribution in [0.4, 0.5) is 0 Å². The predicted octanol–water partition coefficient (Wildman–Crippen LogP) is 3.87. The van der Waals surface area contributed by atoms with Gasteiger partial charge < -0.3 is 14.2 Å². The summed E-state index contributed by atoms with van der Waals surface area (Å²) in [6, 6.07) is 13.6. The molecule has 2 heterocycles. The molecule has 0 spiro atoms. The Bertz CT molecular complexity index is 927. The molecule has 0 aliphatic carbocycles. The van der Waals surface area contributed by atoms with E-state index in [-0.39, 0.29) is 12.7 Å². The van der Waals surface area contributed by atoms with Crippen LogP contribution in [-0.4, -0.2) is 35.6 Å². The van der Waals surface area contributed by atoms with E-state index in [0.717, 1.165) is 12.0 Å². The van der Waals surface area contributed by atoms with Gasteiger partial charge in [0.25, 0.3) is 5.91 Å². The van der Waals surface area contributed by atoms with Crippen molar-refractivity contribution in [2.75, 3.05) is 20.4 Å². The van der Waals surface area contributed by atoms with E-state index in [4.69, 9.17) is 26.4 Å². The molecule has 0 atom stereocenters. The van der Waals surface area contributed by atoms with Crippen LogP contribution in [0, 0.1) is 0 Å². The number of fused-ring (bicyclic) bond motifs is 1. The van der Waals surface area contributed by atoms with E-state index >= 15 is 0 Å². The lowest BCUT2D eigenvalue weighted by Gasteiger charge is -2.14. The van der Waals surface area contributed by atoms with Crippen molar-refractivity contribution in [2.24, 2.45) is 0 Å². The van der Waals surface area contributed by atoms with E-state index in [2.05, 4.69) is 0 Å². The minimum Gasteiger partial charge on any atom is -0.496 e. The number of methoxy groups -OCH3 is 1. The van der Waals surface area contributed by atoms with Crippen LogP contribution in [0.15, 0.2) is 47.4 Å². The Labute approximate surface area is 166 Å². The lowest BCUT2D eigenvalue weighted by Crippen LogP contribution is -2.30. The number of carbonyl (C=O) groups excluding carboxylic acids is 1. The molecule has 7 heteroatoms. The molecule has 5 nitrogen and oxygen atoms in total. The Morgan fingerprint density at radius 1 is 1.22 bits per heavy atom. The number of hydrogen-bond donors (Lipinski definition) is 0. The lowest BCUT2D eigenvalue weighted by molar-refractivity contribution is -0.122. The highest BCUT2D eigenvalue weighted by atomic mass is 32.2. The number of benzene rings is 2. The first-order valence-corrected chi connectivity index (χ1v) is 9.65. The largest absolute Gasteiger partial charge is 0.496 e. The van der Waals surface area contributed by atoms with Gasteiger partial charge in [-0.3, -0.25) is 9.69 Å². The van der Waals surface area contributed by atoms with Crippen molar-refractivity contribution in [3.05, 3.63) is 58.5 Å². The highest BCUT2D eigenvalue weighted by Crippen LogP contribution is 2.41. The number of thioether (sulfide) groups is 1. The van der Waals surface area contributed by atoms with E-state index in [1.807, 2.05) is 36.4 Å². The topological polar surface area (TPSA) is 48.0 Å². The van der Waals surface area contributed by atoms with Gasteiger partial charge in [0.05, 0.1) is 12.0 Å². The zero-order valence-electron chi connectivity index (χ0n) is 14.6. The summed E-state index contributed by atoms with van der Waals surface area (Å²) in [5.41, 5.74) is 1.93. The van der Waals surface area contributed by atoms with Crippen LogP contribution in [0.5, 0.6) is 17.2 Å². The van der Waals surface area contributed by atoms with Crippen molar-refractivity contribution in [2.45, 2.75) is 6.42 Å². The molecule has 0 unspecified atom stereocenters. The van der Waals surface area contributed by atoms with Crippen LogP contribution in [0.25, 0.3) is 6.08 Å². The quantitative estimate of drug-likeness (QED) is 0.562. The summed E-state index contributed by atoms with van der Waals surface area (Å²) in [7, 11) is 1.58. The monoisotopic (exact) mass is 399 g/mol. The van der Waals surface area contributed by atoms with Gasteiger partial charge in [-0.25, -0.2) is 0 Å². The standard InChI is InChI=1S/C20H17NO4S2/c1-23-15-11-17-16(24-12-25-17)9-14(15)10-18-19(22)21(20(26)27-18)8-7-13-5-3-2-4-6-13/h2-6,9-11H,7-8,12H2,1H3. The summed E-state index contributed by atoms with van der Waals surface area (Å²) >= 11 is 6.72. The van der Waals surface area contributed by atoms with Gasteiger partial charge in [0.2, 0.25) is 6.79 Å². The van der Waals surface area contributed by atoms with Gasteiger partial charge in [-0.05, 0) is 24.1 Å². The Balaban J connectivity index is 1.55. The first-order valence-electron chi connectivity index (χ1n) is 8.42. The van der Waals surface area contributed by atoms with Gasteiger partial charge >= 0.3 is 0 Å². The average molecular weight is 399 g/mol. The van der Waals surface area contributed by atoms with E-state index < -0.39 is 0 Å². The third-order valence-electron chi connectivity index (χ3n) is 4.35. The molecule has 0 N–H and O–H groups in total. The fourth-order valence-corrected chi connectivity index (χ4v) is 4.25. The first kappa shape index (κ1) is 17.9. The van der Waals surface area contributed by atoms with Crippen molar-refractivity contribution in [3.8, 4) is 17.2 Å². The van der Waals surface area contributed by atoms with E-state index in [1.165, 1.54) is 17.3 Å². The zero-order valence-corrected chi connectivity index (χ0v) is 16.3. The minimum absolute atomic E-state index is 0.0827. The van der Waals surface area contributed by atoms with Crippen molar-refractivity contribution in [3.63, 3.8) is 0 Å². The van der Waals surface area contributed by atoms with E-state index in [9.17, 15) is 4.79 Å². The van der Waals surface area contributed by atoms with Gasteiger partial charge in [0.15, 0.2) is 11.5 Å². The Morgan fingerprint density at radius 2 is 1.96 bits per heavy atom. The van der Waals surface area contributed by atoms with Gasteiger partial charge in [0, 0.05) is 18.2 Å². The second kappa shape index (κ2) is 7.62. The maximum Gasteiger partial charge on any atom is 0.266 e. The van der Waals surface area contributed by atoms with Crippen molar-refractivity contribution < 1.29 is 19.0 Å². The van der Waals surface area contributed by atoms with Crippen molar-refractivity contribution in [1.29, 1.82) is 0 Å². The summed E-state index contributed by atoms with van der Waals surface area (Å²) in [4.78, 5) is 15.1. The molecule has 138 valence electrons. The molecule has 2 aromatic carbocycles. The highest BCUT2D eigenvalue weighted by molar-refractivity contribution is 8.26. The third kappa shape index (κ3) is 3.65. The molecule has 2 aliphatic rings. The molecule has 2 aliphatic heterocycles. The van der Waals surface area contributed by atoms with Gasteiger partial charge in [0.1, 0.15) is 10.1 Å². The second-order valence-electron chi connectivity index (χ2n) is 6.02. The zero-order chi connectivity index (χ0) is 18.8. The van der Waals surface area contributed by atoms with Gasteiger partial charge in [-0.2, -0.15) is 0 Å².